The Morgan fingerprint density at radius 3 is 2.33 bits per heavy atom. The van der Waals surface area contributed by atoms with Gasteiger partial charge in [-0.15, -0.1) is 30.6 Å². The Kier molecular flexibility index (Phi) is 11.3. The average molecular weight is 451 g/mol. The number of rotatable bonds is 6. The number of likely N-dealkylation sites (tertiary alicyclic amines) is 1. The van der Waals surface area contributed by atoms with Gasteiger partial charge in [-0.1, -0.05) is 26.8 Å². The number of halogens is 1. The second kappa shape index (κ2) is 11.7. The number of carbonyl (C=O) groups excluding carboxylic acids is 1. The van der Waals surface area contributed by atoms with Crippen LogP contribution in [0.15, 0.2) is 17.6 Å². The van der Waals surface area contributed by atoms with Crippen molar-refractivity contribution in [1.29, 1.82) is 0 Å². The van der Waals surface area contributed by atoms with Crippen molar-refractivity contribution in [3.8, 4) is 0 Å². The Morgan fingerprint density at radius 2 is 1.83 bits per heavy atom. The van der Waals surface area contributed by atoms with Crippen LogP contribution in [0.2, 0.25) is 0 Å². The number of amides is 1. The largest absolute Gasteiger partial charge is 0.355 e. The quantitative estimate of drug-likeness (QED) is 0.189. The second-order valence-electron chi connectivity index (χ2n) is 7.01. The van der Waals surface area contributed by atoms with Gasteiger partial charge in [-0.05, 0) is 12.8 Å². The molecule has 7 heteroatoms. The summed E-state index contributed by atoms with van der Waals surface area (Å²) in [6.45, 7) is 13.9. The van der Waals surface area contributed by atoms with E-state index in [-0.39, 0.29) is 35.3 Å². The third kappa shape index (κ3) is 8.86. The predicted molar refractivity (Wildman–Crippen MR) is 112 cm³/mol. The Labute approximate surface area is 163 Å². The number of carbonyl (C=O) groups is 1. The Balaban J connectivity index is 0.00000529. The summed E-state index contributed by atoms with van der Waals surface area (Å²) in [5.74, 6) is 0.869. The predicted octanol–water partition coefficient (Wildman–Crippen LogP) is 1.58. The van der Waals surface area contributed by atoms with Crippen LogP contribution in [0.1, 0.15) is 33.6 Å². The highest BCUT2D eigenvalue weighted by molar-refractivity contribution is 14.0. The zero-order chi connectivity index (χ0) is 17.3. The van der Waals surface area contributed by atoms with Gasteiger partial charge < -0.3 is 16.0 Å². The average Bonchev–Trinajstić information content (AvgIpc) is 2.51. The first-order chi connectivity index (χ1) is 10.9. The third-order valence-corrected chi connectivity index (χ3v) is 3.92. The fourth-order valence-corrected chi connectivity index (χ4v) is 2.45. The van der Waals surface area contributed by atoms with Gasteiger partial charge in [-0.2, -0.15) is 0 Å². The molecule has 1 aliphatic rings. The van der Waals surface area contributed by atoms with Crippen molar-refractivity contribution in [3.63, 3.8) is 0 Å². The minimum Gasteiger partial charge on any atom is -0.355 e. The lowest BCUT2D eigenvalue weighted by molar-refractivity contribution is -0.128. The highest BCUT2D eigenvalue weighted by Crippen LogP contribution is 2.12. The van der Waals surface area contributed by atoms with Crippen molar-refractivity contribution < 1.29 is 4.79 Å². The molecule has 1 aliphatic heterocycles. The molecule has 1 rings (SSSR count). The van der Waals surface area contributed by atoms with Crippen molar-refractivity contribution >= 4 is 35.8 Å². The summed E-state index contributed by atoms with van der Waals surface area (Å²) in [6, 6.07) is 0.450. The van der Waals surface area contributed by atoms with Crippen molar-refractivity contribution in [1.82, 2.24) is 20.9 Å². The lowest BCUT2D eigenvalue weighted by Crippen LogP contribution is -2.50. The molecule has 0 unspecified atom stereocenters. The molecule has 3 N–H and O–H groups in total. The lowest BCUT2D eigenvalue weighted by atomic mass is 9.96. The minimum atomic E-state index is -0.348. The van der Waals surface area contributed by atoms with E-state index in [1.165, 1.54) is 0 Å². The number of guanidine groups is 1. The molecule has 6 nitrogen and oxygen atoms in total. The zero-order valence-electron chi connectivity index (χ0n) is 15.5. The van der Waals surface area contributed by atoms with Crippen LogP contribution >= 0.6 is 24.0 Å². The molecule has 0 bridgehead atoms. The van der Waals surface area contributed by atoms with Gasteiger partial charge in [0.05, 0.1) is 0 Å². The highest BCUT2D eigenvalue weighted by atomic mass is 127. The molecular formula is C17H34IN5O. The Hall–Kier alpha value is -0.830. The molecule has 0 aromatic carbocycles. The maximum absolute atomic E-state index is 11.8. The zero-order valence-corrected chi connectivity index (χ0v) is 17.9. The van der Waals surface area contributed by atoms with E-state index >= 15 is 0 Å². The number of hydrogen-bond acceptors (Lipinski definition) is 3. The van der Waals surface area contributed by atoms with E-state index in [4.69, 9.17) is 0 Å². The number of nitrogens with zero attached hydrogens (tertiary/aromatic N) is 2. The van der Waals surface area contributed by atoms with Crippen molar-refractivity contribution in [2.45, 2.75) is 39.7 Å². The summed E-state index contributed by atoms with van der Waals surface area (Å²) in [5.41, 5.74) is -0.348. The number of piperidine rings is 1. The molecular weight excluding hydrogens is 417 g/mol. The normalized spacial score (nSPS) is 16.9. The standard InChI is InChI=1S/C17H33N5O.HI/c1-6-11-22-12-7-14(8-13-22)21-16(18-5)20-10-9-19-15(23)17(2,3)4;/h6,14H,1,7-13H2,2-5H3,(H,19,23)(H2,18,20,21);1H. The number of aliphatic imine (C=N–C) groups is 1. The SMILES string of the molecule is C=CCN1CCC(NC(=NC)NCCNC(=O)C(C)(C)C)CC1.I. The Bertz CT molecular complexity index is 412. The molecule has 0 aromatic rings. The van der Waals surface area contributed by atoms with Crippen LogP contribution in [0, 0.1) is 5.41 Å². The first-order valence-corrected chi connectivity index (χ1v) is 8.45. The van der Waals surface area contributed by atoms with Crippen molar-refractivity contribution in [2.75, 3.05) is 39.8 Å². The summed E-state index contributed by atoms with van der Waals surface area (Å²) in [5, 5.41) is 9.64. The summed E-state index contributed by atoms with van der Waals surface area (Å²) in [6.07, 6.45) is 4.17. The van der Waals surface area contributed by atoms with Gasteiger partial charge in [0.2, 0.25) is 5.91 Å². The van der Waals surface area contributed by atoms with Gasteiger partial charge in [0.15, 0.2) is 5.96 Å². The smallest absolute Gasteiger partial charge is 0.225 e. The first kappa shape index (κ1) is 23.2. The maximum atomic E-state index is 11.8. The van der Waals surface area contributed by atoms with E-state index in [9.17, 15) is 4.79 Å². The van der Waals surface area contributed by atoms with Gasteiger partial charge in [-0.25, -0.2) is 0 Å². The Morgan fingerprint density at radius 1 is 1.25 bits per heavy atom. The monoisotopic (exact) mass is 451 g/mol. The topological polar surface area (TPSA) is 68.8 Å². The van der Waals surface area contributed by atoms with Gasteiger partial charge in [0, 0.05) is 51.2 Å². The molecule has 1 heterocycles. The summed E-state index contributed by atoms with van der Waals surface area (Å²) in [4.78, 5) is 18.4. The summed E-state index contributed by atoms with van der Waals surface area (Å²) < 4.78 is 0. The van der Waals surface area contributed by atoms with Gasteiger partial charge in [0.1, 0.15) is 0 Å². The molecule has 0 aromatic heterocycles. The molecule has 1 amide bonds. The van der Waals surface area contributed by atoms with E-state index in [1.807, 2.05) is 26.8 Å². The van der Waals surface area contributed by atoms with Crippen LogP contribution < -0.4 is 16.0 Å². The van der Waals surface area contributed by atoms with Gasteiger partial charge in [-0.3, -0.25) is 14.7 Å². The van der Waals surface area contributed by atoms with Crippen LogP contribution in [0.25, 0.3) is 0 Å². The fraction of sp³-hybridized carbons (Fsp3) is 0.765. The van der Waals surface area contributed by atoms with Crippen LogP contribution in [0.3, 0.4) is 0 Å². The molecule has 140 valence electrons. The maximum Gasteiger partial charge on any atom is 0.225 e. The van der Waals surface area contributed by atoms with E-state index in [2.05, 4.69) is 32.4 Å². The molecule has 0 aliphatic carbocycles. The van der Waals surface area contributed by atoms with Crippen LogP contribution in [0.5, 0.6) is 0 Å². The minimum absolute atomic E-state index is 0. The molecule has 0 atom stereocenters. The molecule has 0 radical (unpaired) electrons. The van der Waals surface area contributed by atoms with Crippen LogP contribution in [-0.2, 0) is 4.79 Å². The van der Waals surface area contributed by atoms with E-state index in [0.29, 0.717) is 19.1 Å². The number of hydrogen-bond donors (Lipinski definition) is 3. The van der Waals surface area contributed by atoms with Crippen LogP contribution in [0.4, 0.5) is 0 Å². The van der Waals surface area contributed by atoms with Crippen molar-refractivity contribution in [2.24, 2.45) is 10.4 Å². The molecule has 1 fully saturated rings. The van der Waals surface area contributed by atoms with Crippen LogP contribution in [-0.4, -0.2) is 62.6 Å². The highest BCUT2D eigenvalue weighted by Gasteiger charge is 2.21. The summed E-state index contributed by atoms with van der Waals surface area (Å²) >= 11 is 0. The lowest BCUT2D eigenvalue weighted by Gasteiger charge is -2.32. The van der Waals surface area contributed by atoms with E-state index in [0.717, 1.165) is 38.4 Å². The van der Waals surface area contributed by atoms with Gasteiger partial charge >= 0.3 is 0 Å². The fourth-order valence-electron chi connectivity index (χ4n) is 2.45. The van der Waals surface area contributed by atoms with E-state index in [1.54, 1.807) is 7.05 Å². The number of nitrogens with one attached hydrogen (secondary N) is 3. The molecule has 24 heavy (non-hydrogen) atoms. The van der Waals surface area contributed by atoms with Gasteiger partial charge in [0.25, 0.3) is 0 Å². The molecule has 0 saturated carbocycles. The third-order valence-electron chi connectivity index (χ3n) is 3.92. The van der Waals surface area contributed by atoms with E-state index < -0.39 is 0 Å². The van der Waals surface area contributed by atoms with Crippen molar-refractivity contribution in [3.05, 3.63) is 12.7 Å². The summed E-state index contributed by atoms with van der Waals surface area (Å²) in [7, 11) is 1.77. The molecule has 0 spiro atoms. The first-order valence-electron chi connectivity index (χ1n) is 8.45. The second-order valence-corrected chi connectivity index (χ2v) is 7.01. The molecule has 1 saturated heterocycles.